The Bertz CT molecular complexity index is 525. The summed E-state index contributed by atoms with van der Waals surface area (Å²) in [5.41, 5.74) is 0.663. The Morgan fingerprint density at radius 2 is 2.05 bits per heavy atom. The summed E-state index contributed by atoms with van der Waals surface area (Å²) < 4.78 is 0.900. The van der Waals surface area contributed by atoms with Crippen LogP contribution in [0.1, 0.15) is 49.4 Å². The van der Waals surface area contributed by atoms with Gasteiger partial charge in [-0.1, -0.05) is 35.3 Å². The van der Waals surface area contributed by atoms with Crippen LogP contribution in [0.2, 0.25) is 0 Å². The number of piperidine rings is 1. The van der Waals surface area contributed by atoms with Crippen LogP contribution in [0.15, 0.2) is 28.7 Å². The van der Waals surface area contributed by atoms with E-state index < -0.39 is 0 Å². The lowest BCUT2D eigenvalue weighted by Crippen LogP contribution is -2.46. The topological polar surface area (TPSA) is 49.4 Å². The van der Waals surface area contributed by atoms with Crippen LogP contribution in [0.4, 0.5) is 0 Å². The number of unbranched alkanes of at least 4 members (excludes halogenated alkanes) is 1. The molecule has 0 unspecified atom stereocenters. The van der Waals surface area contributed by atoms with Gasteiger partial charge in [0, 0.05) is 35.6 Å². The minimum atomic E-state index is -0.0444. The van der Waals surface area contributed by atoms with Crippen LogP contribution in [-0.4, -0.2) is 35.8 Å². The van der Waals surface area contributed by atoms with Gasteiger partial charge in [0.15, 0.2) is 0 Å². The number of amides is 2. The van der Waals surface area contributed by atoms with Crippen LogP contribution < -0.4 is 5.32 Å². The molecule has 1 saturated heterocycles. The van der Waals surface area contributed by atoms with Crippen LogP contribution >= 0.6 is 15.9 Å². The number of hydrogen-bond donors (Lipinski definition) is 1. The number of hydrogen-bond acceptors (Lipinski definition) is 2. The zero-order valence-electron chi connectivity index (χ0n) is 13.0. The lowest BCUT2D eigenvalue weighted by Gasteiger charge is -2.32. The fraction of sp³-hybridized carbons (Fsp3) is 0.529. The highest BCUT2D eigenvalue weighted by Crippen LogP contribution is 2.15. The van der Waals surface area contributed by atoms with Crippen molar-refractivity contribution in [2.75, 3.05) is 13.1 Å². The number of carbonyl (C=O) groups is 2. The third-order valence-electron chi connectivity index (χ3n) is 4.01. The first-order valence-corrected chi connectivity index (χ1v) is 8.73. The number of likely N-dealkylation sites (tertiary alicyclic amines) is 1. The molecule has 0 saturated carbocycles. The molecule has 5 heteroatoms. The van der Waals surface area contributed by atoms with E-state index in [1.54, 1.807) is 0 Å². The zero-order chi connectivity index (χ0) is 15.9. The normalized spacial score (nSPS) is 15.6. The molecule has 1 aliphatic rings. The molecule has 1 heterocycles. The Kier molecular flexibility index (Phi) is 6.43. The van der Waals surface area contributed by atoms with E-state index >= 15 is 0 Å². The van der Waals surface area contributed by atoms with E-state index in [1.165, 1.54) is 0 Å². The van der Waals surface area contributed by atoms with Crippen molar-refractivity contribution in [1.82, 2.24) is 10.2 Å². The average Bonchev–Trinajstić information content (AvgIpc) is 2.53. The molecule has 1 aliphatic heterocycles. The van der Waals surface area contributed by atoms with E-state index in [-0.39, 0.29) is 17.9 Å². The smallest absolute Gasteiger partial charge is 0.251 e. The Labute approximate surface area is 140 Å². The van der Waals surface area contributed by atoms with Crippen LogP contribution in [0, 0.1) is 0 Å². The van der Waals surface area contributed by atoms with E-state index in [1.807, 2.05) is 29.2 Å². The van der Waals surface area contributed by atoms with Gasteiger partial charge in [0.25, 0.3) is 5.91 Å². The summed E-state index contributed by atoms with van der Waals surface area (Å²) in [4.78, 5) is 26.1. The van der Waals surface area contributed by atoms with Gasteiger partial charge in [-0.15, -0.1) is 0 Å². The van der Waals surface area contributed by atoms with E-state index in [4.69, 9.17) is 0 Å². The summed E-state index contributed by atoms with van der Waals surface area (Å²) in [5.74, 6) is 0.204. The second-order valence-electron chi connectivity index (χ2n) is 5.74. The summed E-state index contributed by atoms with van der Waals surface area (Å²) in [7, 11) is 0. The van der Waals surface area contributed by atoms with Crippen molar-refractivity contribution in [3.8, 4) is 0 Å². The van der Waals surface area contributed by atoms with Crippen molar-refractivity contribution in [2.24, 2.45) is 0 Å². The minimum Gasteiger partial charge on any atom is -0.349 e. The van der Waals surface area contributed by atoms with Gasteiger partial charge in [0.1, 0.15) is 0 Å². The third kappa shape index (κ3) is 4.83. The molecule has 22 heavy (non-hydrogen) atoms. The predicted molar refractivity (Wildman–Crippen MR) is 90.7 cm³/mol. The van der Waals surface area contributed by atoms with Gasteiger partial charge in [-0.3, -0.25) is 9.59 Å². The predicted octanol–water partition coefficient (Wildman–Crippen LogP) is 3.36. The average molecular weight is 367 g/mol. The molecule has 0 spiro atoms. The summed E-state index contributed by atoms with van der Waals surface area (Å²) in [5, 5.41) is 3.07. The standard InChI is InChI=1S/C17H23BrN2O2/c1-2-3-7-16(21)20-10-8-15(9-11-20)19-17(22)13-5-4-6-14(18)12-13/h4-6,12,15H,2-3,7-11H2,1H3,(H,19,22). The summed E-state index contributed by atoms with van der Waals surface area (Å²) in [6, 6.07) is 7.54. The number of rotatable bonds is 5. The first kappa shape index (κ1) is 17.0. The summed E-state index contributed by atoms with van der Waals surface area (Å²) >= 11 is 3.38. The largest absolute Gasteiger partial charge is 0.349 e. The van der Waals surface area contributed by atoms with Crippen molar-refractivity contribution >= 4 is 27.7 Å². The Hall–Kier alpha value is -1.36. The zero-order valence-corrected chi connectivity index (χ0v) is 14.6. The second kappa shape index (κ2) is 8.32. The van der Waals surface area contributed by atoms with Crippen LogP contribution in [0.25, 0.3) is 0 Å². The van der Waals surface area contributed by atoms with Crippen LogP contribution in [0.5, 0.6) is 0 Å². The van der Waals surface area contributed by atoms with Crippen molar-refractivity contribution in [2.45, 2.75) is 45.1 Å². The molecule has 0 radical (unpaired) electrons. The Morgan fingerprint density at radius 1 is 1.32 bits per heavy atom. The fourth-order valence-corrected chi connectivity index (χ4v) is 3.06. The quantitative estimate of drug-likeness (QED) is 0.868. The maximum Gasteiger partial charge on any atom is 0.251 e. The number of benzene rings is 1. The summed E-state index contributed by atoms with van der Waals surface area (Å²) in [6.07, 6.45) is 4.31. The minimum absolute atomic E-state index is 0.0444. The number of nitrogens with zero attached hydrogens (tertiary/aromatic N) is 1. The monoisotopic (exact) mass is 366 g/mol. The Morgan fingerprint density at radius 3 is 2.68 bits per heavy atom. The van der Waals surface area contributed by atoms with Gasteiger partial charge in [-0.2, -0.15) is 0 Å². The molecule has 1 N–H and O–H groups in total. The van der Waals surface area contributed by atoms with E-state index in [9.17, 15) is 9.59 Å². The molecule has 4 nitrogen and oxygen atoms in total. The highest BCUT2D eigenvalue weighted by atomic mass is 79.9. The molecule has 0 atom stereocenters. The first-order chi connectivity index (χ1) is 10.6. The third-order valence-corrected chi connectivity index (χ3v) is 4.51. The molecule has 1 aromatic rings. The van der Waals surface area contributed by atoms with Gasteiger partial charge in [0.05, 0.1) is 0 Å². The van der Waals surface area contributed by atoms with E-state index in [0.29, 0.717) is 12.0 Å². The molecular weight excluding hydrogens is 344 g/mol. The van der Waals surface area contributed by atoms with Gasteiger partial charge in [-0.05, 0) is 37.5 Å². The molecule has 0 bridgehead atoms. The van der Waals surface area contributed by atoms with E-state index in [0.717, 1.165) is 43.2 Å². The van der Waals surface area contributed by atoms with Gasteiger partial charge < -0.3 is 10.2 Å². The number of carbonyl (C=O) groups excluding carboxylic acids is 2. The maximum absolute atomic E-state index is 12.2. The number of halogens is 1. The molecule has 120 valence electrons. The SMILES string of the molecule is CCCCC(=O)N1CCC(NC(=O)c2cccc(Br)c2)CC1. The molecular formula is C17H23BrN2O2. The van der Waals surface area contributed by atoms with Crippen molar-refractivity contribution in [1.29, 1.82) is 0 Å². The van der Waals surface area contributed by atoms with Gasteiger partial charge in [-0.25, -0.2) is 0 Å². The maximum atomic E-state index is 12.2. The van der Waals surface area contributed by atoms with Gasteiger partial charge >= 0.3 is 0 Å². The molecule has 2 rings (SSSR count). The highest BCUT2D eigenvalue weighted by Gasteiger charge is 2.23. The first-order valence-electron chi connectivity index (χ1n) is 7.94. The Balaban J connectivity index is 1.80. The molecule has 0 aromatic heterocycles. The van der Waals surface area contributed by atoms with Crippen molar-refractivity contribution < 1.29 is 9.59 Å². The van der Waals surface area contributed by atoms with Crippen LogP contribution in [-0.2, 0) is 4.79 Å². The van der Waals surface area contributed by atoms with E-state index in [2.05, 4.69) is 28.2 Å². The lowest BCUT2D eigenvalue weighted by atomic mass is 10.0. The lowest BCUT2D eigenvalue weighted by molar-refractivity contribution is -0.132. The van der Waals surface area contributed by atoms with Crippen molar-refractivity contribution in [3.05, 3.63) is 34.3 Å². The second-order valence-corrected chi connectivity index (χ2v) is 6.66. The number of nitrogens with one attached hydrogen (secondary N) is 1. The summed E-state index contributed by atoms with van der Waals surface area (Å²) in [6.45, 7) is 3.58. The fourth-order valence-electron chi connectivity index (χ4n) is 2.66. The van der Waals surface area contributed by atoms with Gasteiger partial charge in [0.2, 0.25) is 5.91 Å². The van der Waals surface area contributed by atoms with Crippen LogP contribution in [0.3, 0.4) is 0 Å². The molecule has 2 amide bonds. The highest BCUT2D eigenvalue weighted by molar-refractivity contribution is 9.10. The molecule has 0 aliphatic carbocycles. The molecule has 1 fully saturated rings. The van der Waals surface area contributed by atoms with Crippen molar-refractivity contribution in [3.63, 3.8) is 0 Å². The molecule has 1 aromatic carbocycles.